The first-order valence-electron chi connectivity index (χ1n) is 7.09. The first-order chi connectivity index (χ1) is 8.42. The van der Waals surface area contributed by atoms with Gasteiger partial charge in [0.25, 0.3) is 0 Å². The van der Waals surface area contributed by atoms with E-state index in [1.54, 1.807) is 0 Å². The molecule has 1 unspecified atom stereocenters. The van der Waals surface area contributed by atoms with Crippen LogP contribution in [0.3, 0.4) is 0 Å². The van der Waals surface area contributed by atoms with Gasteiger partial charge in [0, 0.05) is 6.54 Å². The van der Waals surface area contributed by atoms with E-state index < -0.39 is 5.60 Å². The van der Waals surface area contributed by atoms with Crippen molar-refractivity contribution in [1.82, 2.24) is 5.32 Å². The molecular formula is C14H28N2O2. The van der Waals surface area contributed by atoms with Gasteiger partial charge in [-0.15, -0.1) is 0 Å². The molecule has 0 aromatic rings. The molecule has 1 amide bonds. The second kappa shape index (κ2) is 6.98. The van der Waals surface area contributed by atoms with Crippen LogP contribution in [-0.4, -0.2) is 24.8 Å². The predicted molar refractivity (Wildman–Crippen MR) is 73.4 cm³/mol. The second-order valence-corrected chi connectivity index (χ2v) is 6.28. The second-order valence-electron chi connectivity index (χ2n) is 6.28. The van der Waals surface area contributed by atoms with Crippen LogP contribution in [0, 0.1) is 11.8 Å². The number of alkyl carbamates (subject to hydrolysis) is 1. The zero-order chi connectivity index (χ0) is 13.6. The molecule has 1 atom stereocenters. The summed E-state index contributed by atoms with van der Waals surface area (Å²) in [5, 5.41) is 2.85. The molecule has 0 aromatic heterocycles. The third-order valence-corrected chi connectivity index (χ3v) is 3.53. The molecular weight excluding hydrogens is 228 g/mol. The Labute approximate surface area is 111 Å². The van der Waals surface area contributed by atoms with Gasteiger partial charge >= 0.3 is 6.09 Å². The number of carbonyl (C=O) groups is 1. The van der Waals surface area contributed by atoms with Crippen LogP contribution < -0.4 is 11.1 Å². The first kappa shape index (κ1) is 15.3. The molecule has 106 valence electrons. The fourth-order valence-electron chi connectivity index (χ4n) is 2.58. The van der Waals surface area contributed by atoms with Crippen LogP contribution >= 0.6 is 0 Å². The van der Waals surface area contributed by atoms with Crippen molar-refractivity contribution >= 4 is 6.09 Å². The highest BCUT2D eigenvalue weighted by Crippen LogP contribution is 2.29. The Balaban J connectivity index is 2.32. The minimum absolute atomic E-state index is 0.336. The molecule has 0 heterocycles. The zero-order valence-corrected chi connectivity index (χ0v) is 12.0. The molecule has 0 bridgehead atoms. The van der Waals surface area contributed by atoms with E-state index in [4.69, 9.17) is 10.5 Å². The van der Waals surface area contributed by atoms with Crippen molar-refractivity contribution in [1.29, 1.82) is 0 Å². The number of carbonyl (C=O) groups excluding carboxylic acids is 1. The Morgan fingerprint density at radius 3 is 2.44 bits per heavy atom. The smallest absolute Gasteiger partial charge is 0.407 e. The molecule has 0 saturated heterocycles. The molecule has 1 fully saturated rings. The van der Waals surface area contributed by atoms with Crippen molar-refractivity contribution in [2.75, 3.05) is 13.1 Å². The van der Waals surface area contributed by atoms with Gasteiger partial charge in [-0.25, -0.2) is 4.79 Å². The van der Waals surface area contributed by atoms with Gasteiger partial charge in [0.05, 0.1) is 0 Å². The van der Waals surface area contributed by atoms with Gasteiger partial charge < -0.3 is 15.8 Å². The Morgan fingerprint density at radius 2 is 1.94 bits per heavy atom. The van der Waals surface area contributed by atoms with Crippen LogP contribution in [0.25, 0.3) is 0 Å². The maximum Gasteiger partial charge on any atom is 0.407 e. The quantitative estimate of drug-likeness (QED) is 0.812. The summed E-state index contributed by atoms with van der Waals surface area (Å²) in [5.41, 5.74) is 5.39. The molecule has 1 aliphatic rings. The molecule has 4 nitrogen and oxygen atoms in total. The van der Waals surface area contributed by atoms with Gasteiger partial charge in [0.15, 0.2) is 0 Å². The van der Waals surface area contributed by atoms with Crippen molar-refractivity contribution in [3.63, 3.8) is 0 Å². The van der Waals surface area contributed by atoms with Gasteiger partial charge in [-0.05, 0) is 39.2 Å². The molecule has 0 spiro atoms. The van der Waals surface area contributed by atoms with E-state index in [0.717, 1.165) is 0 Å². The van der Waals surface area contributed by atoms with Crippen LogP contribution in [0.1, 0.15) is 52.9 Å². The Bertz CT molecular complexity index is 255. The number of amides is 1. The molecule has 1 saturated carbocycles. The number of hydrogen-bond donors (Lipinski definition) is 2. The van der Waals surface area contributed by atoms with E-state index in [1.807, 2.05) is 20.8 Å². The van der Waals surface area contributed by atoms with Gasteiger partial charge in [-0.1, -0.05) is 32.1 Å². The maximum absolute atomic E-state index is 11.6. The number of nitrogens with one attached hydrogen (secondary N) is 1. The first-order valence-corrected chi connectivity index (χ1v) is 7.09. The highest BCUT2D eigenvalue weighted by atomic mass is 16.6. The fourth-order valence-corrected chi connectivity index (χ4v) is 2.58. The highest BCUT2D eigenvalue weighted by Gasteiger charge is 2.24. The lowest BCUT2D eigenvalue weighted by Crippen LogP contribution is -2.39. The lowest BCUT2D eigenvalue weighted by molar-refractivity contribution is 0.0511. The maximum atomic E-state index is 11.6. The van der Waals surface area contributed by atoms with E-state index in [9.17, 15) is 4.79 Å². The summed E-state index contributed by atoms with van der Waals surface area (Å²) in [7, 11) is 0. The SMILES string of the molecule is CC(C)(C)OC(=O)NCC(CN)C1CCCCC1. The van der Waals surface area contributed by atoms with Crippen LogP contribution in [0.15, 0.2) is 0 Å². The molecule has 3 N–H and O–H groups in total. The Morgan fingerprint density at radius 1 is 1.33 bits per heavy atom. The van der Waals surface area contributed by atoms with Crippen molar-refractivity contribution in [2.45, 2.75) is 58.5 Å². The summed E-state index contributed by atoms with van der Waals surface area (Å²) in [5.74, 6) is 1.05. The van der Waals surface area contributed by atoms with Gasteiger partial charge in [0.1, 0.15) is 5.60 Å². The average Bonchev–Trinajstić information content (AvgIpc) is 2.29. The summed E-state index contributed by atoms with van der Waals surface area (Å²) >= 11 is 0. The number of hydrogen-bond acceptors (Lipinski definition) is 3. The van der Waals surface area contributed by atoms with E-state index in [-0.39, 0.29) is 6.09 Å². The van der Waals surface area contributed by atoms with Crippen LogP contribution in [0.2, 0.25) is 0 Å². The normalized spacial score (nSPS) is 19.3. The Kier molecular flexibility index (Phi) is 5.93. The molecule has 1 rings (SSSR count). The highest BCUT2D eigenvalue weighted by molar-refractivity contribution is 5.67. The summed E-state index contributed by atoms with van der Waals surface area (Å²) in [6, 6.07) is 0. The third kappa shape index (κ3) is 5.71. The predicted octanol–water partition coefficient (Wildman–Crippen LogP) is 2.67. The number of rotatable bonds is 4. The molecule has 0 aromatic carbocycles. The topological polar surface area (TPSA) is 64.3 Å². The zero-order valence-electron chi connectivity index (χ0n) is 12.0. The van der Waals surface area contributed by atoms with Crippen LogP contribution in [-0.2, 0) is 4.74 Å². The summed E-state index contributed by atoms with van der Waals surface area (Å²) in [4.78, 5) is 11.6. The monoisotopic (exact) mass is 256 g/mol. The van der Waals surface area contributed by atoms with Gasteiger partial charge in [-0.2, -0.15) is 0 Å². The summed E-state index contributed by atoms with van der Waals surface area (Å²) < 4.78 is 5.23. The largest absolute Gasteiger partial charge is 0.444 e. The van der Waals surface area contributed by atoms with Crippen molar-refractivity contribution in [3.8, 4) is 0 Å². The molecule has 18 heavy (non-hydrogen) atoms. The van der Waals surface area contributed by atoms with Crippen LogP contribution in [0.5, 0.6) is 0 Å². The van der Waals surface area contributed by atoms with Gasteiger partial charge in [-0.3, -0.25) is 0 Å². The average molecular weight is 256 g/mol. The standard InChI is InChI=1S/C14H28N2O2/c1-14(2,3)18-13(17)16-10-12(9-15)11-7-5-4-6-8-11/h11-12H,4-10,15H2,1-3H3,(H,16,17). The van der Waals surface area contributed by atoms with Crippen molar-refractivity contribution in [2.24, 2.45) is 17.6 Å². The van der Waals surface area contributed by atoms with Crippen LogP contribution in [0.4, 0.5) is 4.79 Å². The lowest BCUT2D eigenvalue weighted by Gasteiger charge is -2.30. The molecule has 0 radical (unpaired) electrons. The van der Waals surface area contributed by atoms with E-state index in [0.29, 0.717) is 24.9 Å². The lowest BCUT2D eigenvalue weighted by atomic mass is 9.80. The fraction of sp³-hybridized carbons (Fsp3) is 0.929. The molecule has 4 heteroatoms. The molecule has 1 aliphatic carbocycles. The summed E-state index contributed by atoms with van der Waals surface area (Å²) in [6.07, 6.45) is 6.10. The third-order valence-electron chi connectivity index (χ3n) is 3.53. The molecule has 0 aliphatic heterocycles. The minimum atomic E-state index is -0.437. The van der Waals surface area contributed by atoms with Gasteiger partial charge in [0.2, 0.25) is 0 Å². The van der Waals surface area contributed by atoms with Crippen molar-refractivity contribution in [3.05, 3.63) is 0 Å². The number of nitrogens with two attached hydrogens (primary N) is 1. The van der Waals surface area contributed by atoms with E-state index in [1.165, 1.54) is 32.1 Å². The summed E-state index contributed by atoms with van der Waals surface area (Å²) in [6.45, 7) is 6.88. The number of ether oxygens (including phenoxy) is 1. The van der Waals surface area contributed by atoms with E-state index >= 15 is 0 Å². The Hall–Kier alpha value is -0.770. The van der Waals surface area contributed by atoms with Crippen molar-refractivity contribution < 1.29 is 9.53 Å². The van der Waals surface area contributed by atoms with E-state index in [2.05, 4.69) is 5.32 Å². The minimum Gasteiger partial charge on any atom is -0.444 e.